The van der Waals surface area contributed by atoms with Crippen molar-refractivity contribution in [3.8, 4) is 0 Å². The van der Waals surface area contributed by atoms with E-state index in [2.05, 4.69) is 5.32 Å². The second kappa shape index (κ2) is 2.61. The number of carboxylic acid groups (broad SMARTS) is 1. The molecule has 1 heterocycles. The molecule has 5 nitrogen and oxygen atoms in total. The molecule has 1 amide bonds. The highest BCUT2D eigenvalue weighted by Crippen LogP contribution is 2.07. The third-order valence-electron chi connectivity index (χ3n) is 1.25. The molecule has 0 aromatic heterocycles. The summed E-state index contributed by atoms with van der Waals surface area (Å²) in [5.74, 6) is -1.39. The normalized spacial score (nSPS) is 17.4. The van der Waals surface area contributed by atoms with Crippen molar-refractivity contribution >= 4 is 11.9 Å². The lowest BCUT2D eigenvalue weighted by molar-refractivity contribution is -0.136. The van der Waals surface area contributed by atoms with Gasteiger partial charge in [-0.05, 0) is 6.92 Å². The minimum Gasteiger partial charge on any atom is -0.486 e. The van der Waals surface area contributed by atoms with Crippen molar-refractivity contribution in [1.82, 2.24) is 5.32 Å². The summed E-state index contributed by atoms with van der Waals surface area (Å²) in [5, 5.41) is 10.7. The molecule has 0 aromatic carbocycles. The molecular formula is C6H7NO4. The fraction of sp³-hybridized carbons (Fsp3) is 0.333. The summed E-state index contributed by atoms with van der Waals surface area (Å²) in [6, 6.07) is 0. The average Bonchev–Trinajstić information content (AvgIpc) is 1.94. The van der Waals surface area contributed by atoms with E-state index in [9.17, 15) is 9.59 Å². The SMILES string of the molecule is CC1=C(C(=O)O)NC(=O)CO1. The number of nitrogens with one attached hydrogen (secondary N) is 1. The predicted octanol–water partition coefficient (Wildman–Crippen LogP) is -0.551. The van der Waals surface area contributed by atoms with Crippen LogP contribution in [0.1, 0.15) is 6.92 Å². The van der Waals surface area contributed by atoms with Gasteiger partial charge >= 0.3 is 5.97 Å². The number of hydrogen-bond acceptors (Lipinski definition) is 3. The highest BCUT2D eigenvalue weighted by atomic mass is 16.5. The van der Waals surface area contributed by atoms with Crippen LogP contribution in [0.2, 0.25) is 0 Å². The van der Waals surface area contributed by atoms with Crippen molar-refractivity contribution in [3.05, 3.63) is 11.5 Å². The zero-order valence-electron chi connectivity index (χ0n) is 5.88. The Bertz CT molecular complexity index is 243. The third-order valence-corrected chi connectivity index (χ3v) is 1.25. The Kier molecular flexibility index (Phi) is 1.80. The number of allylic oxidation sites excluding steroid dienone is 1. The number of ether oxygens (including phenoxy) is 1. The van der Waals surface area contributed by atoms with E-state index >= 15 is 0 Å². The summed E-state index contributed by atoms with van der Waals surface area (Å²) in [7, 11) is 0. The van der Waals surface area contributed by atoms with Gasteiger partial charge in [-0.3, -0.25) is 4.79 Å². The fourth-order valence-corrected chi connectivity index (χ4v) is 0.714. The lowest BCUT2D eigenvalue weighted by atomic mass is 10.3. The van der Waals surface area contributed by atoms with Gasteiger partial charge in [0.15, 0.2) is 12.3 Å². The first-order chi connectivity index (χ1) is 5.11. The molecule has 0 aromatic rings. The van der Waals surface area contributed by atoms with Crippen LogP contribution in [-0.4, -0.2) is 23.6 Å². The maximum absolute atomic E-state index is 10.6. The number of carboxylic acids is 1. The van der Waals surface area contributed by atoms with Gasteiger partial charge in [0.05, 0.1) is 0 Å². The lowest BCUT2D eigenvalue weighted by Crippen LogP contribution is -2.35. The molecule has 1 rings (SSSR count). The number of rotatable bonds is 1. The van der Waals surface area contributed by atoms with Gasteiger partial charge in [-0.25, -0.2) is 4.79 Å². The van der Waals surface area contributed by atoms with Crippen molar-refractivity contribution in [2.24, 2.45) is 0 Å². The summed E-state index contributed by atoms with van der Waals surface area (Å²) in [5.41, 5.74) is -0.179. The van der Waals surface area contributed by atoms with E-state index in [0.29, 0.717) is 0 Å². The monoisotopic (exact) mass is 157 g/mol. The first kappa shape index (κ1) is 7.59. The Morgan fingerprint density at radius 2 is 2.36 bits per heavy atom. The molecule has 0 spiro atoms. The molecule has 11 heavy (non-hydrogen) atoms. The molecule has 0 fully saturated rings. The maximum Gasteiger partial charge on any atom is 0.355 e. The van der Waals surface area contributed by atoms with Crippen molar-refractivity contribution in [3.63, 3.8) is 0 Å². The van der Waals surface area contributed by atoms with E-state index in [-0.39, 0.29) is 18.1 Å². The zero-order valence-corrected chi connectivity index (χ0v) is 5.88. The van der Waals surface area contributed by atoms with E-state index in [4.69, 9.17) is 9.84 Å². The first-order valence-corrected chi connectivity index (χ1v) is 2.98. The quantitative estimate of drug-likeness (QED) is 0.535. The van der Waals surface area contributed by atoms with Crippen LogP contribution in [0.3, 0.4) is 0 Å². The maximum atomic E-state index is 10.6. The van der Waals surface area contributed by atoms with Crippen LogP contribution < -0.4 is 5.32 Å². The van der Waals surface area contributed by atoms with E-state index in [1.807, 2.05) is 0 Å². The molecule has 60 valence electrons. The molecule has 5 heteroatoms. The summed E-state index contributed by atoms with van der Waals surface area (Å²) < 4.78 is 4.75. The number of hydrogen-bond donors (Lipinski definition) is 2. The van der Waals surface area contributed by atoms with Gasteiger partial charge in [-0.1, -0.05) is 0 Å². The van der Waals surface area contributed by atoms with Crippen LogP contribution in [0.4, 0.5) is 0 Å². The predicted molar refractivity (Wildman–Crippen MR) is 34.4 cm³/mol. The van der Waals surface area contributed by atoms with Crippen molar-refractivity contribution < 1.29 is 19.4 Å². The summed E-state index contributed by atoms with van der Waals surface area (Å²) in [4.78, 5) is 20.9. The topological polar surface area (TPSA) is 75.6 Å². The highest BCUT2D eigenvalue weighted by Gasteiger charge is 2.20. The van der Waals surface area contributed by atoms with Crippen molar-refractivity contribution in [1.29, 1.82) is 0 Å². The van der Waals surface area contributed by atoms with Crippen LogP contribution in [0.25, 0.3) is 0 Å². The molecule has 0 radical (unpaired) electrons. The molecule has 2 N–H and O–H groups in total. The van der Waals surface area contributed by atoms with Gasteiger partial charge in [-0.2, -0.15) is 0 Å². The number of amides is 1. The van der Waals surface area contributed by atoms with E-state index in [1.165, 1.54) is 6.92 Å². The molecule has 0 atom stereocenters. The van der Waals surface area contributed by atoms with E-state index < -0.39 is 11.9 Å². The Hall–Kier alpha value is -1.52. The third kappa shape index (κ3) is 1.49. The molecule has 1 aliphatic rings. The molecule has 0 bridgehead atoms. The standard InChI is InChI=1S/C6H7NO4/c1-3-5(6(9)10)7-4(8)2-11-3/h2H2,1H3,(H,7,8)(H,9,10). The van der Waals surface area contributed by atoms with Gasteiger partial charge in [0.2, 0.25) is 0 Å². The Morgan fingerprint density at radius 1 is 1.73 bits per heavy atom. The largest absolute Gasteiger partial charge is 0.486 e. The summed E-state index contributed by atoms with van der Waals surface area (Å²) >= 11 is 0. The summed E-state index contributed by atoms with van der Waals surface area (Å²) in [6.07, 6.45) is 0. The molecule has 0 unspecified atom stereocenters. The average molecular weight is 157 g/mol. The van der Waals surface area contributed by atoms with Gasteiger partial charge in [-0.15, -0.1) is 0 Å². The molecule has 0 saturated heterocycles. The van der Waals surface area contributed by atoms with E-state index in [0.717, 1.165) is 0 Å². The minimum atomic E-state index is -1.18. The fourth-order valence-electron chi connectivity index (χ4n) is 0.714. The number of carbonyl (C=O) groups excluding carboxylic acids is 1. The Morgan fingerprint density at radius 3 is 2.82 bits per heavy atom. The molecule has 0 aliphatic carbocycles. The smallest absolute Gasteiger partial charge is 0.355 e. The van der Waals surface area contributed by atoms with Crippen LogP contribution in [0.5, 0.6) is 0 Å². The minimum absolute atomic E-state index is 0.109. The number of carbonyl (C=O) groups is 2. The highest BCUT2D eigenvalue weighted by molar-refractivity contribution is 5.94. The Balaban J connectivity index is 2.88. The molecular weight excluding hydrogens is 150 g/mol. The van der Waals surface area contributed by atoms with Gasteiger partial charge in [0.25, 0.3) is 5.91 Å². The van der Waals surface area contributed by atoms with Crippen molar-refractivity contribution in [2.45, 2.75) is 6.92 Å². The van der Waals surface area contributed by atoms with Gasteiger partial charge < -0.3 is 15.2 Å². The van der Waals surface area contributed by atoms with Crippen LogP contribution in [0, 0.1) is 0 Å². The second-order valence-electron chi connectivity index (χ2n) is 2.07. The van der Waals surface area contributed by atoms with Crippen LogP contribution in [-0.2, 0) is 14.3 Å². The first-order valence-electron chi connectivity index (χ1n) is 2.98. The number of aliphatic carboxylic acids is 1. The molecule has 1 aliphatic heterocycles. The van der Waals surface area contributed by atoms with Crippen LogP contribution in [0.15, 0.2) is 11.5 Å². The van der Waals surface area contributed by atoms with E-state index in [1.54, 1.807) is 0 Å². The van der Waals surface area contributed by atoms with Gasteiger partial charge in [0, 0.05) is 0 Å². The molecule has 0 saturated carbocycles. The second-order valence-corrected chi connectivity index (χ2v) is 2.07. The van der Waals surface area contributed by atoms with Crippen LogP contribution >= 0.6 is 0 Å². The zero-order chi connectivity index (χ0) is 8.43. The van der Waals surface area contributed by atoms with Gasteiger partial charge in [0.1, 0.15) is 5.76 Å². The van der Waals surface area contributed by atoms with Crippen molar-refractivity contribution in [2.75, 3.05) is 6.61 Å². The summed E-state index contributed by atoms with van der Waals surface area (Å²) in [6.45, 7) is 1.38. The Labute approximate surface area is 62.6 Å². The lowest BCUT2D eigenvalue weighted by Gasteiger charge is -2.15.